The first-order valence-electron chi connectivity index (χ1n) is 7.08. The molecule has 21 heavy (non-hydrogen) atoms. The average Bonchev–Trinajstić information content (AvgIpc) is 2.47. The largest absolute Gasteiger partial charge is 0.326 e. The van der Waals surface area contributed by atoms with Gasteiger partial charge in [0.2, 0.25) is 10.0 Å². The van der Waals surface area contributed by atoms with Gasteiger partial charge in [0.25, 0.3) is 0 Å². The lowest BCUT2D eigenvalue weighted by Crippen LogP contribution is -2.39. The molecule has 2 rings (SSSR count). The molecule has 1 atom stereocenters. The van der Waals surface area contributed by atoms with Crippen molar-refractivity contribution in [2.75, 3.05) is 13.1 Å². The molecular weight excluding hydrogens is 331 g/mol. The molecule has 1 aromatic rings. The molecule has 1 aliphatic rings. The molecule has 118 valence electrons. The Labute approximate surface area is 136 Å². The fourth-order valence-corrected chi connectivity index (χ4v) is 5.14. The predicted octanol–water partition coefficient (Wildman–Crippen LogP) is 3.26. The highest BCUT2D eigenvalue weighted by molar-refractivity contribution is 7.89. The minimum absolute atomic E-state index is 0.103. The van der Waals surface area contributed by atoms with Crippen LogP contribution >= 0.6 is 23.2 Å². The Kier molecular flexibility index (Phi) is 5.54. The number of halogens is 2. The number of nitrogens with zero attached hydrogens (tertiary/aromatic N) is 1. The molecule has 1 unspecified atom stereocenters. The summed E-state index contributed by atoms with van der Waals surface area (Å²) in [6, 6.07) is 3.01. The molecule has 0 saturated carbocycles. The highest BCUT2D eigenvalue weighted by Crippen LogP contribution is 2.34. The summed E-state index contributed by atoms with van der Waals surface area (Å²) in [5.74, 6) is 0.411. The van der Waals surface area contributed by atoms with Gasteiger partial charge in [-0.25, -0.2) is 8.42 Å². The van der Waals surface area contributed by atoms with E-state index in [4.69, 9.17) is 28.9 Å². The van der Waals surface area contributed by atoms with Crippen molar-refractivity contribution in [2.45, 2.75) is 37.6 Å². The Hall–Kier alpha value is -0.330. The molecule has 1 aliphatic heterocycles. The third-order valence-electron chi connectivity index (χ3n) is 4.03. The lowest BCUT2D eigenvalue weighted by Gasteiger charge is -2.31. The summed E-state index contributed by atoms with van der Waals surface area (Å²) >= 11 is 12.2. The van der Waals surface area contributed by atoms with E-state index in [1.54, 1.807) is 6.07 Å². The minimum atomic E-state index is -3.60. The van der Waals surface area contributed by atoms with E-state index >= 15 is 0 Å². The molecular formula is C14H20Cl2N2O2S. The highest BCUT2D eigenvalue weighted by Gasteiger charge is 2.31. The zero-order chi connectivity index (χ0) is 15.6. The summed E-state index contributed by atoms with van der Waals surface area (Å²) in [4.78, 5) is 0.103. The van der Waals surface area contributed by atoms with Gasteiger partial charge in [0.15, 0.2) is 0 Å². The van der Waals surface area contributed by atoms with Gasteiger partial charge in [-0.2, -0.15) is 4.31 Å². The van der Waals surface area contributed by atoms with E-state index < -0.39 is 10.0 Å². The van der Waals surface area contributed by atoms with Crippen molar-refractivity contribution in [1.29, 1.82) is 0 Å². The number of rotatable bonds is 4. The standard InChI is InChI=1S/C14H20Cl2N2O2S/c1-2-10-4-3-7-18(9-10)21(19,20)13-6-5-12(15)11(8-17)14(13)16/h5-6,10H,2-4,7-9,17H2,1H3. The van der Waals surface area contributed by atoms with Gasteiger partial charge in [0.05, 0.1) is 5.02 Å². The van der Waals surface area contributed by atoms with Crippen LogP contribution in [0.4, 0.5) is 0 Å². The van der Waals surface area contributed by atoms with Gasteiger partial charge < -0.3 is 5.73 Å². The van der Waals surface area contributed by atoms with Gasteiger partial charge >= 0.3 is 0 Å². The van der Waals surface area contributed by atoms with Crippen molar-refractivity contribution < 1.29 is 8.42 Å². The number of piperidine rings is 1. The number of hydrogen-bond acceptors (Lipinski definition) is 3. The first-order valence-corrected chi connectivity index (χ1v) is 9.28. The maximum absolute atomic E-state index is 12.8. The van der Waals surface area contributed by atoms with Crippen molar-refractivity contribution in [1.82, 2.24) is 4.31 Å². The molecule has 4 nitrogen and oxygen atoms in total. The molecule has 0 aliphatic carbocycles. The maximum Gasteiger partial charge on any atom is 0.244 e. The molecule has 0 aromatic heterocycles. The quantitative estimate of drug-likeness (QED) is 0.906. The Morgan fingerprint density at radius 3 is 2.71 bits per heavy atom. The molecule has 0 bridgehead atoms. The van der Waals surface area contributed by atoms with Crippen molar-refractivity contribution in [2.24, 2.45) is 11.7 Å². The molecule has 0 spiro atoms. The van der Waals surface area contributed by atoms with Crippen LogP contribution in [0.3, 0.4) is 0 Å². The first kappa shape index (κ1) is 17.0. The second kappa shape index (κ2) is 6.84. The second-order valence-electron chi connectivity index (χ2n) is 5.32. The van der Waals surface area contributed by atoms with Crippen LogP contribution in [0, 0.1) is 5.92 Å². The van der Waals surface area contributed by atoms with Gasteiger partial charge in [0.1, 0.15) is 4.90 Å². The zero-order valence-corrected chi connectivity index (χ0v) is 14.3. The van der Waals surface area contributed by atoms with Crippen LogP contribution in [0.15, 0.2) is 17.0 Å². The molecule has 1 aromatic carbocycles. The Morgan fingerprint density at radius 2 is 2.10 bits per heavy atom. The first-order chi connectivity index (χ1) is 9.91. The van der Waals surface area contributed by atoms with E-state index in [0.717, 1.165) is 19.3 Å². The lowest BCUT2D eigenvalue weighted by molar-refractivity contribution is 0.261. The van der Waals surface area contributed by atoms with E-state index in [1.807, 2.05) is 0 Å². The van der Waals surface area contributed by atoms with Crippen LogP contribution in [0.2, 0.25) is 10.0 Å². The SMILES string of the molecule is CCC1CCCN(S(=O)(=O)c2ccc(Cl)c(CN)c2Cl)C1. The van der Waals surface area contributed by atoms with Gasteiger partial charge in [-0.15, -0.1) is 0 Å². The Bertz CT molecular complexity index is 620. The van der Waals surface area contributed by atoms with E-state index in [2.05, 4.69) is 6.92 Å². The molecule has 1 heterocycles. The number of hydrogen-bond donors (Lipinski definition) is 1. The van der Waals surface area contributed by atoms with Gasteiger partial charge in [-0.1, -0.05) is 36.5 Å². The molecule has 7 heteroatoms. The van der Waals surface area contributed by atoms with Gasteiger partial charge in [0, 0.05) is 30.2 Å². The minimum Gasteiger partial charge on any atom is -0.326 e. The normalized spacial score (nSPS) is 20.7. The van der Waals surface area contributed by atoms with Crippen molar-refractivity contribution in [3.8, 4) is 0 Å². The summed E-state index contributed by atoms with van der Waals surface area (Å²) < 4.78 is 27.1. The summed E-state index contributed by atoms with van der Waals surface area (Å²) in [6.07, 6.45) is 2.94. The summed E-state index contributed by atoms with van der Waals surface area (Å²) in [5, 5.41) is 0.537. The fourth-order valence-electron chi connectivity index (χ4n) is 2.68. The van der Waals surface area contributed by atoms with Gasteiger partial charge in [-0.3, -0.25) is 0 Å². The molecule has 0 amide bonds. The van der Waals surface area contributed by atoms with E-state index in [0.29, 0.717) is 29.6 Å². The van der Waals surface area contributed by atoms with Crippen LogP contribution in [0.25, 0.3) is 0 Å². The Balaban J connectivity index is 2.40. The average molecular weight is 351 g/mol. The van der Waals surface area contributed by atoms with Gasteiger partial charge in [-0.05, 0) is 30.9 Å². The van der Waals surface area contributed by atoms with E-state index in [1.165, 1.54) is 10.4 Å². The van der Waals surface area contributed by atoms with E-state index in [9.17, 15) is 8.42 Å². The molecule has 2 N–H and O–H groups in total. The molecule has 0 radical (unpaired) electrons. The van der Waals surface area contributed by atoms with Crippen LogP contribution in [-0.4, -0.2) is 25.8 Å². The maximum atomic E-state index is 12.8. The van der Waals surface area contributed by atoms with Crippen LogP contribution in [0.1, 0.15) is 31.7 Å². The Morgan fingerprint density at radius 1 is 1.38 bits per heavy atom. The topological polar surface area (TPSA) is 63.4 Å². The van der Waals surface area contributed by atoms with Crippen LogP contribution < -0.4 is 5.73 Å². The highest BCUT2D eigenvalue weighted by atomic mass is 35.5. The monoisotopic (exact) mass is 350 g/mol. The molecule has 1 fully saturated rings. The van der Waals surface area contributed by atoms with Crippen molar-refractivity contribution >= 4 is 33.2 Å². The van der Waals surface area contributed by atoms with Crippen molar-refractivity contribution in [3.63, 3.8) is 0 Å². The second-order valence-corrected chi connectivity index (χ2v) is 8.01. The zero-order valence-electron chi connectivity index (χ0n) is 12.0. The van der Waals surface area contributed by atoms with E-state index in [-0.39, 0.29) is 16.5 Å². The van der Waals surface area contributed by atoms with Crippen molar-refractivity contribution in [3.05, 3.63) is 27.7 Å². The number of sulfonamides is 1. The third kappa shape index (κ3) is 3.37. The number of nitrogens with two attached hydrogens (primary N) is 1. The number of benzene rings is 1. The summed E-state index contributed by atoms with van der Waals surface area (Å²) in [5.41, 5.74) is 6.08. The fraction of sp³-hybridized carbons (Fsp3) is 0.571. The van der Waals surface area contributed by atoms with Crippen LogP contribution in [0.5, 0.6) is 0 Å². The predicted molar refractivity (Wildman–Crippen MR) is 86.1 cm³/mol. The molecule has 1 saturated heterocycles. The van der Waals surface area contributed by atoms with Crippen LogP contribution in [-0.2, 0) is 16.6 Å². The smallest absolute Gasteiger partial charge is 0.244 e. The summed E-state index contributed by atoms with van der Waals surface area (Å²) in [6.45, 7) is 3.28. The summed E-state index contributed by atoms with van der Waals surface area (Å²) in [7, 11) is -3.60. The third-order valence-corrected chi connectivity index (χ3v) is 6.84. The lowest BCUT2D eigenvalue weighted by atomic mass is 9.97.